The van der Waals surface area contributed by atoms with Crippen molar-refractivity contribution in [3.63, 3.8) is 0 Å². The van der Waals surface area contributed by atoms with Crippen LogP contribution in [0.4, 0.5) is 10.1 Å². The lowest BCUT2D eigenvalue weighted by molar-refractivity contribution is 0.516. The van der Waals surface area contributed by atoms with Gasteiger partial charge >= 0.3 is 0 Å². The van der Waals surface area contributed by atoms with E-state index in [9.17, 15) is 4.39 Å². The summed E-state index contributed by atoms with van der Waals surface area (Å²) in [4.78, 5) is 2.37. The first-order chi connectivity index (χ1) is 8.70. The van der Waals surface area contributed by atoms with Crippen LogP contribution in [0.3, 0.4) is 0 Å². The molecule has 0 aliphatic carbocycles. The molecule has 0 saturated carbocycles. The number of nitrogens with one attached hydrogen (secondary N) is 1. The minimum atomic E-state index is -0.112. The van der Waals surface area contributed by atoms with E-state index in [0.29, 0.717) is 0 Å². The molecule has 1 aromatic carbocycles. The fourth-order valence-electron chi connectivity index (χ4n) is 2.54. The van der Waals surface area contributed by atoms with Gasteiger partial charge in [-0.1, -0.05) is 6.92 Å². The van der Waals surface area contributed by atoms with E-state index in [1.165, 1.54) is 12.8 Å². The molecule has 1 fully saturated rings. The van der Waals surface area contributed by atoms with Crippen LogP contribution < -0.4 is 10.2 Å². The van der Waals surface area contributed by atoms with Crippen LogP contribution in [0.25, 0.3) is 0 Å². The number of halogens is 1. The van der Waals surface area contributed by atoms with Crippen molar-refractivity contribution in [1.82, 2.24) is 5.32 Å². The van der Waals surface area contributed by atoms with Crippen LogP contribution in [0.5, 0.6) is 0 Å². The summed E-state index contributed by atoms with van der Waals surface area (Å²) in [6.07, 6.45) is 2.42. The number of anilines is 1. The number of aryl methyl sites for hydroxylation is 1. The highest BCUT2D eigenvalue weighted by Crippen LogP contribution is 2.25. The van der Waals surface area contributed by atoms with Gasteiger partial charge in [0.05, 0.1) is 0 Å². The first kappa shape index (κ1) is 13.3. The first-order valence-corrected chi connectivity index (χ1v) is 6.92. The Bertz CT molecular complexity index is 392. The molecule has 2 rings (SSSR count). The number of rotatable bonds is 5. The topological polar surface area (TPSA) is 15.3 Å². The molecule has 1 aliphatic rings. The summed E-state index contributed by atoms with van der Waals surface area (Å²) in [5.74, 6) is 0.612. The van der Waals surface area contributed by atoms with Crippen molar-refractivity contribution in [2.45, 2.75) is 26.7 Å². The Morgan fingerprint density at radius 1 is 1.44 bits per heavy atom. The van der Waals surface area contributed by atoms with E-state index in [1.54, 1.807) is 6.07 Å². The third kappa shape index (κ3) is 3.22. The van der Waals surface area contributed by atoms with Crippen molar-refractivity contribution in [1.29, 1.82) is 0 Å². The lowest BCUT2D eigenvalue weighted by Crippen LogP contribution is -2.26. The lowest BCUT2D eigenvalue weighted by atomic mass is 10.1. The van der Waals surface area contributed by atoms with Crippen molar-refractivity contribution < 1.29 is 4.39 Å². The van der Waals surface area contributed by atoms with Gasteiger partial charge in [-0.05, 0) is 62.5 Å². The van der Waals surface area contributed by atoms with Crippen molar-refractivity contribution >= 4 is 5.69 Å². The van der Waals surface area contributed by atoms with E-state index < -0.39 is 0 Å². The molecule has 18 heavy (non-hydrogen) atoms. The second-order valence-electron chi connectivity index (χ2n) is 5.24. The molecule has 0 radical (unpaired) electrons. The van der Waals surface area contributed by atoms with Gasteiger partial charge in [0.25, 0.3) is 0 Å². The van der Waals surface area contributed by atoms with Gasteiger partial charge in [-0.15, -0.1) is 0 Å². The fourth-order valence-corrected chi connectivity index (χ4v) is 2.54. The molecule has 0 aromatic heterocycles. The van der Waals surface area contributed by atoms with Gasteiger partial charge in [0.15, 0.2) is 0 Å². The van der Waals surface area contributed by atoms with Gasteiger partial charge in [0, 0.05) is 18.8 Å². The van der Waals surface area contributed by atoms with E-state index >= 15 is 0 Å². The van der Waals surface area contributed by atoms with Crippen LogP contribution in [-0.4, -0.2) is 26.2 Å². The fraction of sp³-hybridized carbons (Fsp3) is 0.600. The highest BCUT2D eigenvalue weighted by atomic mass is 19.1. The van der Waals surface area contributed by atoms with Crippen molar-refractivity contribution in [2.75, 3.05) is 31.1 Å². The van der Waals surface area contributed by atoms with Gasteiger partial charge in [-0.3, -0.25) is 0 Å². The number of benzene rings is 1. The minimum absolute atomic E-state index is 0.112. The zero-order valence-electron chi connectivity index (χ0n) is 11.4. The summed E-state index contributed by atoms with van der Waals surface area (Å²) in [5, 5.41) is 3.48. The molecule has 1 aromatic rings. The summed E-state index contributed by atoms with van der Waals surface area (Å²) in [5.41, 5.74) is 1.90. The average Bonchev–Trinajstić information content (AvgIpc) is 2.82. The van der Waals surface area contributed by atoms with Gasteiger partial charge < -0.3 is 10.2 Å². The van der Waals surface area contributed by atoms with E-state index in [-0.39, 0.29) is 5.82 Å². The van der Waals surface area contributed by atoms with E-state index in [0.717, 1.165) is 43.3 Å². The highest BCUT2D eigenvalue weighted by molar-refractivity contribution is 5.49. The number of nitrogens with zero attached hydrogens (tertiary/aromatic N) is 1. The molecule has 1 atom stereocenters. The van der Waals surface area contributed by atoms with Gasteiger partial charge in [-0.2, -0.15) is 0 Å². The van der Waals surface area contributed by atoms with Gasteiger partial charge in [-0.25, -0.2) is 4.39 Å². The summed E-state index contributed by atoms with van der Waals surface area (Å²) in [6, 6.07) is 5.43. The minimum Gasteiger partial charge on any atom is -0.371 e. The summed E-state index contributed by atoms with van der Waals surface area (Å²) >= 11 is 0. The number of hydrogen-bond acceptors (Lipinski definition) is 2. The predicted octanol–water partition coefficient (Wildman–Crippen LogP) is 2.96. The average molecular weight is 250 g/mol. The Morgan fingerprint density at radius 2 is 2.28 bits per heavy atom. The standard InChI is InChI=1S/C15H23FN2/c1-3-7-17-10-13-6-8-18(11-13)14-4-5-15(16)12(2)9-14/h4-5,9,13,17H,3,6-8,10-11H2,1-2H3. The highest BCUT2D eigenvalue weighted by Gasteiger charge is 2.22. The van der Waals surface area contributed by atoms with E-state index in [1.807, 2.05) is 19.1 Å². The molecule has 1 aliphatic heterocycles. The quantitative estimate of drug-likeness (QED) is 0.808. The summed E-state index contributed by atoms with van der Waals surface area (Å²) in [6.45, 7) is 8.40. The Balaban J connectivity index is 1.89. The Morgan fingerprint density at radius 3 is 3.00 bits per heavy atom. The van der Waals surface area contributed by atoms with E-state index in [4.69, 9.17) is 0 Å². The molecular formula is C15H23FN2. The molecule has 1 saturated heterocycles. The summed E-state index contributed by atoms with van der Waals surface area (Å²) < 4.78 is 13.2. The Kier molecular flexibility index (Phi) is 4.59. The molecule has 1 heterocycles. The zero-order valence-corrected chi connectivity index (χ0v) is 11.4. The maximum atomic E-state index is 13.2. The monoisotopic (exact) mass is 250 g/mol. The van der Waals surface area contributed by atoms with Gasteiger partial charge in [0.1, 0.15) is 5.82 Å². The van der Waals surface area contributed by atoms with Crippen LogP contribution >= 0.6 is 0 Å². The van der Waals surface area contributed by atoms with E-state index in [2.05, 4.69) is 17.1 Å². The van der Waals surface area contributed by atoms with Crippen molar-refractivity contribution in [2.24, 2.45) is 5.92 Å². The molecule has 1 unspecified atom stereocenters. The molecule has 3 heteroatoms. The Labute approximate surface area is 109 Å². The third-order valence-electron chi connectivity index (χ3n) is 3.65. The predicted molar refractivity (Wildman–Crippen MR) is 74.6 cm³/mol. The van der Waals surface area contributed by atoms with Crippen LogP contribution in [0.15, 0.2) is 18.2 Å². The molecule has 1 N–H and O–H groups in total. The largest absolute Gasteiger partial charge is 0.371 e. The molecule has 0 bridgehead atoms. The zero-order chi connectivity index (χ0) is 13.0. The molecule has 100 valence electrons. The second kappa shape index (κ2) is 6.19. The van der Waals surface area contributed by atoms with Crippen LogP contribution in [0, 0.1) is 18.7 Å². The molecule has 0 amide bonds. The Hall–Kier alpha value is -1.09. The van der Waals surface area contributed by atoms with Crippen molar-refractivity contribution in [3.05, 3.63) is 29.6 Å². The van der Waals surface area contributed by atoms with Crippen LogP contribution in [0.2, 0.25) is 0 Å². The number of hydrogen-bond donors (Lipinski definition) is 1. The van der Waals surface area contributed by atoms with Crippen molar-refractivity contribution in [3.8, 4) is 0 Å². The molecule has 2 nitrogen and oxygen atoms in total. The summed E-state index contributed by atoms with van der Waals surface area (Å²) in [7, 11) is 0. The second-order valence-corrected chi connectivity index (χ2v) is 5.24. The van der Waals surface area contributed by atoms with Crippen LogP contribution in [-0.2, 0) is 0 Å². The third-order valence-corrected chi connectivity index (χ3v) is 3.65. The lowest BCUT2D eigenvalue weighted by Gasteiger charge is -2.19. The van der Waals surface area contributed by atoms with Gasteiger partial charge in [0.2, 0.25) is 0 Å². The normalized spacial score (nSPS) is 19.5. The smallest absolute Gasteiger partial charge is 0.126 e. The maximum Gasteiger partial charge on any atom is 0.126 e. The van der Waals surface area contributed by atoms with Crippen LogP contribution in [0.1, 0.15) is 25.3 Å². The SMILES string of the molecule is CCCNCC1CCN(c2ccc(F)c(C)c2)C1. The molecular weight excluding hydrogens is 227 g/mol. The maximum absolute atomic E-state index is 13.2. The first-order valence-electron chi connectivity index (χ1n) is 6.92. The molecule has 0 spiro atoms.